The minimum Gasteiger partial charge on any atom is -0.479 e. The smallest absolute Gasteiger partial charge is 0.397 e. The molecule has 0 saturated carbocycles. The maximum atomic E-state index is 13.1. The van der Waals surface area contributed by atoms with Crippen LogP contribution in [0.1, 0.15) is 54.9 Å². The average molecular weight is 1430 g/mol. The maximum absolute atomic E-state index is 13.1. The summed E-state index contributed by atoms with van der Waals surface area (Å²) in [4.78, 5) is 13.1. The third-order valence-corrected chi connectivity index (χ3v) is 18.5. The molecule has 2 bridgehead atoms. The highest BCUT2D eigenvalue weighted by atomic mass is 32.3. The summed E-state index contributed by atoms with van der Waals surface area (Å²) in [6.07, 6.45) is -39.4. The first-order valence-corrected chi connectivity index (χ1v) is 35.1. The van der Waals surface area contributed by atoms with Crippen molar-refractivity contribution < 1.29 is 187 Å². The third-order valence-electron chi connectivity index (χ3n) is 15.4. The van der Waals surface area contributed by atoms with E-state index in [1.807, 2.05) is 0 Å². The second-order valence-corrected chi connectivity index (χ2v) is 28.5. The number of ether oxygens (including phenoxy) is 11. The predicted octanol–water partition coefficient (Wildman–Crippen LogP) is -3.59. The van der Waals surface area contributed by atoms with Gasteiger partial charge in [-0.2, -0.15) is 58.9 Å². The third kappa shape index (κ3) is 20.1. The van der Waals surface area contributed by atoms with E-state index >= 15 is 0 Å². The monoisotopic (exact) mass is 1430 g/mol. The van der Waals surface area contributed by atoms with E-state index in [-0.39, 0.29) is 5.92 Å². The Morgan fingerprint density at radius 2 is 0.864 bits per heavy atom. The van der Waals surface area contributed by atoms with Crippen molar-refractivity contribution in [3.63, 3.8) is 0 Å². The molecule has 12 unspecified atom stereocenters. The van der Waals surface area contributed by atoms with Crippen molar-refractivity contribution in [3.05, 3.63) is 0 Å². The molecule has 0 spiro atoms. The Kier molecular flexibility index (Phi) is 24.4. The Labute approximate surface area is 503 Å². The maximum Gasteiger partial charge on any atom is 0.397 e. The Hall–Kier alpha value is -1.92. The molecule has 0 aromatic carbocycles. The first kappa shape index (κ1) is 75.1. The number of carboxylic acid groups (broad SMARTS) is 1. The van der Waals surface area contributed by atoms with Crippen molar-refractivity contribution >= 4 is 78.8 Å². The van der Waals surface area contributed by atoms with Gasteiger partial charge in [0.25, 0.3) is 0 Å². The average Bonchev–Trinajstić information content (AvgIpc) is 3.07. The minimum atomic E-state index is -6.02. The van der Waals surface area contributed by atoms with Gasteiger partial charge in [0, 0.05) is 24.2 Å². The van der Waals surface area contributed by atoms with E-state index in [1.165, 1.54) is 20.8 Å². The number of carbonyl (C=O) groups is 1. The summed E-state index contributed by atoms with van der Waals surface area (Å²) in [7, 11) is -39.4. The largest absolute Gasteiger partial charge is 0.479 e. The summed E-state index contributed by atoms with van der Waals surface area (Å²) in [5, 5.41) is 20.9. The topological polar surface area (TPSA) is 604 Å². The Bertz CT molecular complexity index is 3230. The van der Waals surface area contributed by atoms with Gasteiger partial charge in [-0.25, -0.2) is 34.1 Å². The van der Waals surface area contributed by atoms with Crippen LogP contribution in [0.5, 0.6) is 0 Å². The number of aliphatic carboxylic acids is 1. The lowest BCUT2D eigenvalue weighted by molar-refractivity contribution is -0.429. The normalized spacial score (nSPS) is 40.9. The molecule has 0 aromatic heterocycles. The Morgan fingerprint density at radius 1 is 0.443 bits per heavy atom. The van der Waals surface area contributed by atoms with Crippen LogP contribution in [0.4, 0.5) is 0 Å². The molecule has 7 fully saturated rings. The molecule has 516 valence electrons. The molecule has 7 aliphatic heterocycles. The number of rotatable bonds is 28. The van der Waals surface area contributed by atoms with Crippen LogP contribution >= 0.6 is 0 Å². The van der Waals surface area contributed by atoms with Crippen LogP contribution in [0.25, 0.3) is 0 Å². The highest BCUT2D eigenvalue weighted by molar-refractivity contribution is 7.82. The van der Waals surface area contributed by atoms with Crippen molar-refractivity contribution in [1.82, 2.24) is 0 Å². The number of carboxylic acids is 1. The summed E-state index contributed by atoms with van der Waals surface area (Å²) in [5.74, 6) is -9.69. The minimum absolute atomic E-state index is 0.352. The van der Waals surface area contributed by atoms with Crippen LogP contribution in [0, 0.1) is 35.5 Å². The van der Waals surface area contributed by atoms with E-state index in [2.05, 4.69) is 16.7 Å². The van der Waals surface area contributed by atoms with E-state index in [0.717, 1.165) is 6.92 Å². The van der Waals surface area contributed by atoms with E-state index in [4.69, 9.17) is 64.7 Å². The second kappa shape index (κ2) is 28.6. The van der Waals surface area contributed by atoms with Gasteiger partial charge in [0.1, 0.15) is 67.8 Å². The number of hydrogen-bond acceptors (Lipinski definition) is 34. The summed E-state index contributed by atoms with van der Waals surface area (Å²) < 4.78 is 337. The molecule has 7 heterocycles. The van der Waals surface area contributed by atoms with Crippen molar-refractivity contribution in [2.75, 3.05) is 33.2 Å². The Balaban J connectivity index is 1.39. The van der Waals surface area contributed by atoms with Crippen LogP contribution in [-0.4, -0.2) is 257 Å². The van der Waals surface area contributed by atoms with E-state index in [0.29, 0.717) is 0 Å². The number of hydrogen-bond donors (Lipinski definition) is 9. The SMILES string of the molecule is CC1C(C)[C@H](C)[C@@H](COS(=O)(=O)O)O[C@@H]1O[C@H]1C(C)C(C)[C@@H](OC2C(COS(=O)(=O)O)O[C@@H](OC3C(C)[C@H]4OCCC3(OCO)O[C@@H]4O[C@H]3C(OS(=O)(=O)O)C(OS(=O)(=O)O)[C@@H](C)O[C@@H]3COS(=O)(=O)O)C(OS(=O)(=O)O)[C@H]2OS(=O)(=O)O)O[C@@H]1C(=O)O. The van der Waals surface area contributed by atoms with E-state index < -0.39 is 264 Å². The van der Waals surface area contributed by atoms with Crippen LogP contribution in [-0.2, 0) is 159 Å². The quantitative estimate of drug-likeness (QED) is 0.0270. The molecule has 0 aliphatic carbocycles. The van der Waals surface area contributed by atoms with Crippen molar-refractivity contribution in [2.45, 2.75) is 171 Å². The van der Waals surface area contributed by atoms with Crippen LogP contribution in [0.3, 0.4) is 0 Å². The van der Waals surface area contributed by atoms with Gasteiger partial charge in [-0.05, 0) is 24.7 Å². The van der Waals surface area contributed by atoms with Gasteiger partial charge in [-0.1, -0.05) is 41.5 Å². The molecule has 0 aromatic rings. The van der Waals surface area contributed by atoms with Gasteiger partial charge < -0.3 is 62.3 Å². The zero-order chi connectivity index (χ0) is 66.4. The zero-order valence-corrected chi connectivity index (χ0v) is 52.2. The highest BCUT2D eigenvalue weighted by Gasteiger charge is 2.64. The van der Waals surface area contributed by atoms with E-state index in [1.54, 1.807) is 20.8 Å². The number of fused-ring (bicyclic) bond motifs is 4. The van der Waals surface area contributed by atoms with Crippen LogP contribution in [0.2, 0.25) is 0 Å². The molecule has 7 rings (SSSR count). The molecule has 0 radical (unpaired) electrons. The second-order valence-electron chi connectivity index (χ2n) is 21.0. The van der Waals surface area contributed by atoms with E-state index in [9.17, 15) is 106 Å². The number of aliphatic hydroxyl groups excluding tert-OH is 1. The lowest BCUT2D eigenvalue weighted by Gasteiger charge is -2.53. The predicted molar refractivity (Wildman–Crippen MR) is 271 cm³/mol. The summed E-state index contributed by atoms with van der Waals surface area (Å²) in [6, 6.07) is 0. The molecule has 88 heavy (non-hydrogen) atoms. The molecule has 49 heteroatoms. The van der Waals surface area contributed by atoms with Crippen molar-refractivity contribution in [2.24, 2.45) is 35.5 Å². The van der Waals surface area contributed by atoms with Gasteiger partial charge in [-0.3, -0.25) is 31.9 Å². The lowest BCUT2D eigenvalue weighted by atomic mass is 9.78. The lowest BCUT2D eigenvalue weighted by Crippen LogP contribution is -2.69. The Morgan fingerprint density at radius 3 is 1.35 bits per heavy atom. The van der Waals surface area contributed by atoms with Crippen LogP contribution < -0.4 is 0 Å². The molecule has 7 aliphatic rings. The molecule has 42 nitrogen and oxygen atoms in total. The van der Waals surface area contributed by atoms with Crippen LogP contribution in [0.15, 0.2) is 0 Å². The van der Waals surface area contributed by atoms with Gasteiger partial charge in [-0.15, -0.1) is 0 Å². The van der Waals surface area contributed by atoms with Gasteiger partial charge in [0.2, 0.25) is 5.79 Å². The molecular weight excluding hydrogens is 1360 g/mol. The first-order valence-electron chi connectivity index (χ1n) is 25.6. The molecule has 25 atom stereocenters. The zero-order valence-electron chi connectivity index (χ0n) is 46.5. The first-order chi connectivity index (χ1) is 40.1. The standard InChI is InChI=1S/C39H66O42S7/c1-14-15(2)21(10-66-82(43,44)45)70-35(17(14)4)72-24-16(3)18(5)36(75-31(24)34(41)42)73-28-23(12-68-84(49,50)51)71-37(32(81-88(61,62)63)30(28)80-87(58,59)60)76-33-19(6)25-38(77-39(33,65-13-40)8-9-64-25)74-27-22(11-67-83(46,47)48)69-20(7)26(78-85(52,53)54)29(27)79-86(55,56)57/h14-33,35-38,40H,8-13H2,1-7H3,(H,41,42)(H,43,44,45)(H,46,47,48)(H,49,50,51)(H,52,53,54)(H,55,56,57)(H,58,59,60)(H,61,62,63)/t14?,15-,16?,17?,18?,19?,20+,21+,22+,23?,24-,25+,26?,27+,28?,29?,30-,31-,32?,33?,35+,36-,37-,38-,39?/m0/s1. The molecule has 7 saturated heterocycles. The number of aliphatic hydroxyl groups is 1. The summed E-state index contributed by atoms with van der Waals surface area (Å²) in [5.41, 5.74) is 0. The fourth-order valence-electron chi connectivity index (χ4n) is 10.9. The van der Waals surface area contributed by atoms with Gasteiger partial charge in [0.05, 0.1) is 38.6 Å². The fraction of sp³-hybridized carbons (Fsp3) is 0.974. The molecule has 0 amide bonds. The van der Waals surface area contributed by atoms with Crippen molar-refractivity contribution in [3.8, 4) is 0 Å². The molecule has 9 N–H and O–H groups in total. The van der Waals surface area contributed by atoms with Gasteiger partial charge >= 0.3 is 78.8 Å². The fourth-order valence-corrected chi connectivity index (χ4v) is 13.8. The van der Waals surface area contributed by atoms with Crippen molar-refractivity contribution in [1.29, 1.82) is 0 Å². The summed E-state index contributed by atoms with van der Waals surface area (Å²) >= 11 is 0. The summed E-state index contributed by atoms with van der Waals surface area (Å²) in [6.45, 7) is 4.29. The highest BCUT2D eigenvalue weighted by Crippen LogP contribution is 2.48. The van der Waals surface area contributed by atoms with Gasteiger partial charge in [0.15, 0.2) is 37.4 Å². The molecular formula is C39H66O42S7.